The van der Waals surface area contributed by atoms with Gasteiger partial charge in [-0.1, -0.05) is 56.3 Å². The first-order valence-corrected chi connectivity index (χ1v) is 11.7. The molecule has 0 radical (unpaired) electrons. The highest BCUT2D eigenvalue weighted by Gasteiger charge is 2.23. The maximum Gasteiger partial charge on any atom is 0.242 e. The van der Waals surface area contributed by atoms with Crippen molar-refractivity contribution in [3.63, 3.8) is 0 Å². The van der Waals surface area contributed by atoms with Crippen molar-refractivity contribution in [3.8, 4) is 5.75 Å². The smallest absolute Gasteiger partial charge is 0.242 e. The molecule has 0 aliphatic carbocycles. The second-order valence-corrected chi connectivity index (χ2v) is 8.82. The number of nitrogens with zero attached hydrogens (tertiary/aromatic N) is 2. The number of carbonyl (C=O) groups excluding carboxylic acids is 2. The van der Waals surface area contributed by atoms with E-state index in [1.165, 1.54) is 0 Å². The fraction of sp³-hybridized carbons (Fsp3) is 0.357. The van der Waals surface area contributed by atoms with E-state index in [9.17, 15) is 9.59 Å². The van der Waals surface area contributed by atoms with Crippen molar-refractivity contribution >= 4 is 11.8 Å². The van der Waals surface area contributed by atoms with Crippen molar-refractivity contribution in [1.29, 1.82) is 0 Å². The number of benzene rings is 2. The second-order valence-electron chi connectivity index (χ2n) is 8.82. The van der Waals surface area contributed by atoms with Crippen LogP contribution in [0.25, 0.3) is 0 Å². The van der Waals surface area contributed by atoms with Crippen molar-refractivity contribution in [2.75, 3.05) is 26.7 Å². The van der Waals surface area contributed by atoms with Gasteiger partial charge in [0.1, 0.15) is 11.5 Å². The van der Waals surface area contributed by atoms with Gasteiger partial charge in [-0.15, -0.1) is 0 Å². The van der Waals surface area contributed by atoms with E-state index in [-0.39, 0.29) is 30.7 Å². The molecule has 0 spiro atoms. The Morgan fingerprint density at radius 1 is 0.882 bits per heavy atom. The lowest BCUT2D eigenvalue weighted by Crippen LogP contribution is -2.45. The summed E-state index contributed by atoms with van der Waals surface area (Å²) < 4.78 is 10.7. The first kappa shape index (κ1) is 25.1. The van der Waals surface area contributed by atoms with Crippen LogP contribution < -0.4 is 4.74 Å². The minimum atomic E-state index is -0.0870. The first-order valence-electron chi connectivity index (χ1n) is 11.7. The monoisotopic (exact) mass is 462 g/mol. The molecular weight excluding hydrogens is 428 g/mol. The Hall–Kier alpha value is -3.54. The van der Waals surface area contributed by atoms with E-state index < -0.39 is 0 Å². The Labute approximate surface area is 202 Å². The van der Waals surface area contributed by atoms with Gasteiger partial charge >= 0.3 is 0 Å². The van der Waals surface area contributed by atoms with E-state index in [0.29, 0.717) is 19.6 Å². The molecule has 3 aromatic rings. The van der Waals surface area contributed by atoms with Crippen LogP contribution in [0, 0.1) is 5.92 Å². The maximum atomic E-state index is 13.4. The molecule has 2 aromatic carbocycles. The standard InChI is InChI=1S/C28H34N2O4/c1-22(2)19-30(27(31)18-24-11-13-25(33-3)14-12-24)21-28(32)29(20-26-10-7-17-34-26)16-15-23-8-5-4-6-9-23/h4-14,17,22H,15-16,18-21H2,1-3H3. The average molecular weight is 463 g/mol. The van der Waals surface area contributed by atoms with Crippen LogP contribution >= 0.6 is 0 Å². The Morgan fingerprint density at radius 3 is 2.24 bits per heavy atom. The van der Waals surface area contributed by atoms with Gasteiger partial charge in [-0.2, -0.15) is 0 Å². The molecule has 180 valence electrons. The molecule has 0 bridgehead atoms. The van der Waals surface area contributed by atoms with E-state index in [0.717, 1.165) is 29.1 Å². The predicted molar refractivity (Wildman–Crippen MR) is 132 cm³/mol. The quantitative estimate of drug-likeness (QED) is 0.395. The van der Waals surface area contributed by atoms with Crippen LogP contribution in [-0.2, 0) is 29.0 Å². The molecule has 0 fully saturated rings. The normalized spacial score (nSPS) is 10.8. The molecular formula is C28H34N2O4. The summed E-state index contributed by atoms with van der Waals surface area (Å²) in [5, 5.41) is 0. The third-order valence-corrected chi connectivity index (χ3v) is 5.57. The molecule has 0 saturated carbocycles. The molecule has 1 aromatic heterocycles. The van der Waals surface area contributed by atoms with Crippen LogP contribution in [0.15, 0.2) is 77.4 Å². The lowest BCUT2D eigenvalue weighted by atomic mass is 10.1. The summed E-state index contributed by atoms with van der Waals surface area (Å²) in [5.41, 5.74) is 2.05. The summed E-state index contributed by atoms with van der Waals surface area (Å²) in [6, 6.07) is 21.2. The zero-order valence-electron chi connectivity index (χ0n) is 20.3. The Morgan fingerprint density at radius 2 is 1.62 bits per heavy atom. The fourth-order valence-corrected chi connectivity index (χ4v) is 3.78. The highest BCUT2D eigenvalue weighted by atomic mass is 16.5. The minimum Gasteiger partial charge on any atom is -0.497 e. The van der Waals surface area contributed by atoms with Crippen molar-refractivity contribution in [2.24, 2.45) is 5.92 Å². The van der Waals surface area contributed by atoms with Crippen molar-refractivity contribution in [3.05, 3.63) is 89.9 Å². The number of ether oxygens (including phenoxy) is 1. The number of carbonyl (C=O) groups is 2. The lowest BCUT2D eigenvalue weighted by Gasteiger charge is -2.28. The van der Waals surface area contributed by atoms with Gasteiger partial charge in [-0.3, -0.25) is 9.59 Å². The number of methoxy groups -OCH3 is 1. The van der Waals surface area contributed by atoms with E-state index in [2.05, 4.69) is 12.1 Å². The topological polar surface area (TPSA) is 63.0 Å². The van der Waals surface area contributed by atoms with E-state index in [1.54, 1.807) is 23.2 Å². The van der Waals surface area contributed by atoms with Crippen LogP contribution in [0.5, 0.6) is 5.75 Å². The fourth-order valence-electron chi connectivity index (χ4n) is 3.78. The van der Waals surface area contributed by atoms with Crippen LogP contribution in [0.4, 0.5) is 0 Å². The van der Waals surface area contributed by atoms with Gasteiger partial charge < -0.3 is 19.0 Å². The Balaban J connectivity index is 1.70. The lowest BCUT2D eigenvalue weighted by molar-refractivity contribution is -0.141. The van der Waals surface area contributed by atoms with Crippen LogP contribution in [0.3, 0.4) is 0 Å². The summed E-state index contributed by atoms with van der Waals surface area (Å²) in [6.45, 7) is 5.59. The van der Waals surface area contributed by atoms with Crippen LogP contribution in [0.2, 0.25) is 0 Å². The van der Waals surface area contributed by atoms with Gasteiger partial charge in [0.15, 0.2) is 0 Å². The third-order valence-electron chi connectivity index (χ3n) is 5.57. The van der Waals surface area contributed by atoms with E-state index >= 15 is 0 Å². The number of amides is 2. The van der Waals surface area contributed by atoms with Crippen LogP contribution in [0.1, 0.15) is 30.7 Å². The van der Waals surface area contributed by atoms with Crippen LogP contribution in [-0.4, -0.2) is 48.4 Å². The van der Waals surface area contributed by atoms with Gasteiger partial charge in [0.05, 0.1) is 32.9 Å². The molecule has 2 amide bonds. The first-order chi connectivity index (χ1) is 16.4. The van der Waals surface area contributed by atoms with Crippen molar-refractivity contribution < 1.29 is 18.7 Å². The minimum absolute atomic E-state index is 0.0443. The maximum absolute atomic E-state index is 13.4. The number of rotatable bonds is 12. The molecule has 3 rings (SSSR count). The molecule has 6 heteroatoms. The molecule has 0 atom stereocenters. The Kier molecular flexibility index (Phi) is 9.32. The van der Waals surface area contributed by atoms with Gasteiger partial charge in [0.2, 0.25) is 11.8 Å². The summed E-state index contributed by atoms with van der Waals surface area (Å²) in [6.07, 6.45) is 2.59. The van der Waals surface area contributed by atoms with E-state index in [1.807, 2.05) is 68.4 Å². The van der Waals surface area contributed by atoms with Crippen molar-refractivity contribution in [1.82, 2.24) is 9.80 Å². The van der Waals surface area contributed by atoms with E-state index in [4.69, 9.17) is 9.15 Å². The molecule has 1 heterocycles. The second kappa shape index (κ2) is 12.6. The third kappa shape index (κ3) is 7.80. The van der Waals surface area contributed by atoms with Crippen molar-refractivity contribution in [2.45, 2.75) is 33.2 Å². The molecule has 0 N–H and O–H groups in total. The molecule has 6 nitrogen and oxygen atoms in total. The zero-order chi connectivity index (χ0) is 24.3. The average Bonchev–Trinajstić information content (AvgIpc) is 3.35. The van der Waals surface area contributed by atoms with Gasteiger partial charge in [-0.25, -0.2) is 0 Å². The Bertz CT molecular complexity index is 1010. The summed E-state index contributed by atoms with van der Waals surface area (Å²) >= 11 is 0. The van der Waals surface area contributed by atoms with Gasteiger partial charge in [0, 0.05) is 13.1 Å². The summed E-state index contributed by atoms with van der Waals surface area (Å²) in [5.74, 6) is 1.57. The number of hydrogen-bond acceptors (Lipinski definition) is 4. The molecule has 0 aliphatic heterocycles. The van der Waals surface area contributed by atoms with Gasteiger partial charge in [0.25, 0.3) is 0 Å². The number of furan rings is 1. The highest BCUT2D eigenvalue weighted by molar-refractivity contribution is 5.86. The molecule has 0 aliphatic rings. The largest absolute Gasteiger partial charge is 0.497 e. The molecule has 34 heavy (non-hydrogen) atoms. The summed E-state index contributed by atoms with van der Waals surface area (Å²) in [4.78, 5) is 30.0. The number of hydrogen-bond donors (Lipinski definition) is 0. The SMILES string of the molecule is COc1ccc(CC(=O)N(CC(=O)N(CCc2ccccc2)Cc2ccco2)CC(C)C)cc1. The molecule has 0 unspecified atom stereocenters. The molecule has 0 saturated heterocycles. The predicted octanol–water partition coefficient (Wildman–Crippen LogP) is 4.59. The summed E-state index contributed by atoms with van der Waals surface area (Å²) in [7, 11) is 1.61. The zero-order valence-corrected chi connectivity index (χ0v) is 20.3. The van der Waals surface area contributed by atoms with Gasteiger partial charge in [-0.05, 0) is 47.7 Å². The highest BCUT2D eigenvalue weighted by Crippen LogP contribution is 2.14.